The second-order valence-corrected chi connectivity index (χ2v) is 12.4. The quantitative estimate of drug-likeness (QED) is 0.186. The molecule has 190 valence electrons. The number of hydrogen-bond donors (Lipinski definition) is 5. The van der Waals surface area contributed by atoms with Gasteiger partial charge in [0, 0.05) is 24.5 Å². The molecule has 5 N–H and O–H groups in total. The molecular weight excluding hydrogens is 546 g/mol. The van der Waals surface area contributed by atoms with Gasteiger partial charge in [0.25, 0.3) is 0 Å². The van der Waals surface area contributed by atoms with Gasteiger partial charge in [-0.05, 0) is 23.2 Å². The minimum absolute atomic E-state index is 0.0544. The average Bonchev–Trinajstić information content (AvgIpc) is 3.33. The molecule has 1 aliphatic heterocycles. The number of fused-ring (bicyclic) bond motifs is 1. The third kappa shape index (κ3) is 6.47. The Bertz CT molecular complexity index is 1380. The summed E-state index contributed by atoms with van der Waals surface area (Å²) in [6, 6.07) is 7.31. The van der Waals surface area contributed by atoms with E-state index in [1.807, 2.05) is 22.9 Å². The average molecular weight is 567 g/mol. The number of halogens is 2. The van der Waals surface area contributed by atoms with E-state index in [0.29, 0.717) is 28.4 Å². The zero-order valence-corrected chi connectivity index (χ0v) is 21.0. The van der Waals surface area contributed by atoms with Crippen LogP contribution in [0.4, 0.5) is 5.82 Å². The number of benzene rings is 1. The number of sulfonamides is 1. The van der Waals surface area contributed by atoms with E-state index in [9.17, 15) is 18.1 Å². The Morgan fingerprint density at radius 1 is 1.23 bits per heavy atom. The van der Waals surface area contributed by atoms with E-state index >= 15 is 0 Å². The van der Waals surface area contributed by atoms with E-state index in [-0.39, 0.29) is 18.2 Å². The molecule has 0 aliphatic carbocycles. The smallest absolute Gasteiger partial charge is 0.341 e. The van der Waals surface area contributed by atoms with Crippen LogP contribution < -0.4 is 10.0 Å². The number of ether oxygens (including phenoxy) is 1. The molecule has 1 aliphatic rings. The fraction of sp³-hybridized carbons (Fsp3) is 0.389. The Morgan fingerprint density at radius 3 is 2.69 bits per heavy atom. The first-order chi connectivity index (χ1) is 16.4. The molecule has 1 fully saturated rings. The number of nitrogens with zero attached hydrogens (tertiary/aromatic N) is 4. The maximum Gasteiger partial charge on any atom is 0.341 e. The Labute approximate surface area is 209 Å². The van der Waals surface area contributed by atoms with Crippen molar-refractivity contribution >= 4 is 57.7 Å². The first-order valence-electron chi connectivity index (χ1n) is 10.2. The fourth-order valence-electron chi connectivity index (χ4n) is 3.59. The summed E-state index contributed by atoms with van der Waals surface area (Å²) < 4.78 is 43.9. The van der Waals surface area contributed by atoms with Crippen LogP contribution in [0.15, 0.2) is 30.5 Å². The molecule has 0 saturated carbocycles. The molecule has 3 atom stereocenters. The highest BCUT2D eigenvalue weighted by molar-refractivity contribution is 7.95. The molecule has 3 aromatic rings. The van der Waals surface area contributed by atoms with E-state index in [4.69, 9.17) is 37.7 Å². The molecule has 35 heavy (non-hydrogen) atoms. The second-order valence-electron chi connectivity index (χ2n) is 7.80. The van der Waals surface area contributed by atoms with Crippen LogP contribution in [0.3, 0.4) is 0 Å². The highest BCUT2D eigenvalue weighted by Gasteiger charge is 2.37. The van der Waals surface area contributed by atoms with Crippen molar-refractivity contribution in [3.05, 3.63) is 46.3 Å². The maximum atomic E-state index is 11.8. The van der Waals surface area contributed by atoms with E-state index < -0.39 is 41.5 Å². The molecule has 3 heterocycles. The van der Waals surface area contributed by atoms with Crippen molar-refractivity contribution in [1.82, 2.24) is 24.5 Å². The van der Waals surface area contributed by atoms with Crippen LogP contribution in [0.2, 0.25) is 10.3 Å². The molecule has 2 aromatic heterocycles. The molecule has 1 aromatic carbocycles. The van der Waals surface area contributed by atoms with Crippen LogP contribution in [0.5, 0.6) is 0 Å². The number of aromatic nitrogens is 4. The zero-order valence-electron chi connectivity index (χ0n) is 17.8. The third-order valence-corrected chi connectivity index (χ3v) is 9.00. The molecule has 0 amide bonds. The molecule has 0 unspecified atom stereocenters. The van der Waals surface area contributed by atoms with E-state index in [0.717, 1.165) is 5.56 Å². The Kier molecular flexibility index (Phi) is 7.67. The van der Waals surface area contributed by atoms with Gasteiger partial charge in [-0.25, -0.2) is 17.8 Å². The normalized spacial score (nSPS) is 21.0. The van der Waals surface area contributed by atoms with E-state index in [1.54, 1.807) is 6.07 Å². The van der Waals surface area contributed by atoms with Crippen molar-refractivity contribution in [1.29, 1.82) is 0 Å². The van der Waals surface area contributed by atoms with Gasteiger partial charge in [0.2, 0.25) is 15.3 Å². The number of nitrogens with one attached hydrogen (secondary N) is 2. The van der Waals surface area contributed by atoms with Gasteiger partial charge in [-0.1, -0.05) is 29.8 Å². The number of aliphatic hydroxyl groups excluding tert-OH is 1. The molecule has 1 saturated heterocycles. The minimum Gasteiger partial charge on any atom is -0.390 e. The van der Waals surface area contributed by atoms with Gasteiger partial charge >= 0.3 is 7.60 Å². The topological polar surface area (TPSA) is 189 Å². The van der Waals surface area contributed by atoms with Crippen LogP contribution in [0.1, 0.15) is 18.2 Å². The summed E-state index contributed by atoms with van der Waals surface area (Å²) >= 11 is 12.3. The monoisotopic (exact) mass is 566 g/mol. The highest BCUT2D eigenvalue weighted by Crippen LogP contribution is 2.36. The van der Waals surface area contributed by atoms with Gasteiger partial charge in [0.15, 0.2) is 17.4 Å². The lowest BCUT2D eigenvalue weighted by molar-refractivity contribution is -0.0183. The van der Waals surface area contributed by atoms with Gasteiger partial charge in [-0.3, -0.25) is 4.57 Å². The molecule has 13 nitrogen and oxygen atoms in total. The lowest BCUT2D eigenvalue weighted by Gasteiger charge is -2.16. The first-order valence-corrected chi connectivity index (χ1v) is 14.4. The van der Waals surface area contributed by atoms with Crippen LogP contribution in [0.25, 0.3) is 11.0 Å². The summed E-state index contributed by atoms with van der Waals surface area (Å²) in [5.74, 6) is 0.409. The van der Waals surface area contributed by atoms with Gasteiger partial charge in [0.05, 0.1) is 23.8 Å². The zero-order chi connectivity index (χ0) is 25.4. The Morgan fingerprint density at radius 2 is 1.97 bits per heavy atom. The van der Waals surface area contributed by atoms with Crippen molar-refractivity contribution in [3.8, 4) is 0 Å². The van der Waals surface area contributed by atoms with Crippen LogP contribution in [-0.4, -0.2) is 67.3 Å². The van der Waals surface area contributed by atoms with E-state index in [1.165, 1.54) is 10.9 Å². The molecular formula is C18H21Cl2N6O7PS. The Balaban J connectivity index is 1.49. The lowest BCUT2D eigenvalue weighted by atomic mass is 10.2. The Hall–Kier alpha value is -1.87. The van der Waals surface area contributed by atoms with Crippen LogP contribution >= 0.6 is 30.8 Å². The van der Waals surface area contributed by atoms with Crippen molar-refractivity contribution in [2.45, 2.75) is 31.4 Å². The first kappa shape index (κ1) is 26.2. The van der Waals surface area contributed by atoms with Crippen molar-refractivity contribution in [3.63, 3.8) is 0 Å². The summed E-state index contributed by atoms with van der Waals surface area (Å²) in [5.41, 5.74) is -0.197. The third-order valence-electron chi connectivity index (χ3n) is 5.15. The molecule has 17 heteroatoms. The number of anilines is 1. The molecule has 0 spiro atoms. The molecule has 0 radical (unpaired) electrons. The van der Waals surface area contributed by atoms with Crippen molar-refractivity contribution in [2.24, 2.45) is 0 Å². The second kappa shape index (κ2) is 10.2. The van der Waals surface area contributed by atoms with Crippen molar-refractivity contribution in [2.75, 3.05) is 17.4 Å². The fourth-order valence-corrected chi connectivity index (χ4v) is 6.51. The minimum atomic E-state index is -4.79. The van der Waals surface area contributed by atoms with Gasteiger partial charge in [0.1, 0.15) is 5.82 Å². The van der Waals surface area contributed by atoms with Gasteiger partial charge in [-0.2, -0.15) is 15.1 Å². The van der Waals surface area contributed by atoms with Crippen LogP contribution in [-0.2, 0) is 25.9 Å². The summed E-state index contributed by atoms with van der Waals surface area (Å²) in [5, 5.41) is 18.9. The molecule has 0 bridgehead atoms. The maximum absolute atomic E-state index is 11.8. The summed E-state index contributed by atoms with van der Waals surface area (Å²) in [7, 11) is -9.07. The van der Waals surface area contributed by atoms with Gasteiger partial charge in [-0.15, -0.1) is 0 Å². The van der Waals surface area contributed by atoms with Crippen molar-refractivity contribution < 1.29 is 32.6 Å². The number of hydrogen-bond acceptors (Lipinski definition) is 9. The van der Waals surface area contributed by atoms with Crippen LogP contribution in [0, 0.1) is 0 Å². The summed E-state index contributed by atoms with van der Waals surface area (Å²) in [6.07, 6.45) is -1.30. The predicted octanol–water partition coefficient (Wildman–Crippen LogP) is 1.45. The summed E-state index contributed by atoms with van der Waals surface area (Å²) in [6.45, 7) is -0.0254. The lowest BCUT2D eigenvalue weighted by Crippen LogP contribution is -2.38. The SMILES string of the molecule is O=P(O)(O)CS(=O)(=O)NC[C@H]1O[C@@H](n2ncc3c(NCc4ccccc4Cl)nc(Cl)nc32)C[C@@H]1O. The molecule has 4 rings (SSSR count). The standard InChI is InChI=1S/C18H21Cl2N6O7PS/c19-12-4-2-1-3-10(12)6-21-16-11-7-22-26(17(11)25-18(20)24-16)15-5-13(27)14(33-15)8-23-35(31,32)9-34(28,29)30/h1-4,7,13-15,23,27H,5-6,8-9H2,(H,21,24,25)(H2,28,29,30)/t13-,14+,15+/m0/s1. The number of aliphatic hydroxyl groups is 1. The van der Waals surface area contributed by atoms with E-state index in [2.05, 4.69) is 20.4 Å². The van der Waals surface area contributed by atoms with Gasteiger partial charge < -0.3 is 24.9 Å². The number of rotatable bonds is 9. The largest absolute Gasteiger partial charge is 0.390 e. The highest BCUT2D eigenvalue weighted by atomic mass is 35.5. The predicted molar refractivity (Wildman–Crippen MR) is 127 cm³/mol. The summed E-state index contributed by atoms with van der Waals surface area (Å²) in [4.78, 5) is 26.2.